The first kappa shape index (κ1) is 15.7. The fourth-order valence-corrected chi connectivity index (χ4v) is 1.65. The van der Waals surface area contributed by atoms with Crippen molar-refractivity contribution in [3.05, 3.63) is 23.8 Å². The molecular formula is C13H22N2O4. The van der Waals surface area contributed by atoms with Crippen LogP contribution in [-0.2, 0) is 9.47 Å². The molecule has 0 spiro atoms. The second-order valence-corrected chi connectivity index (χ2v) is 3.90. The van der Waals surface area contributed by atoms with Gasteiger partial charge in [0.15, 0.2) is 11.5 Å². The third kappa shape index (κ3) is 4.68. The Morgan fingerprint density at radius 1 is 1.11 bits per heavy atom. The lowest BCUT2D eigenvalue weighted by atomic mass is 10.1. The van der Waals surface area contributed by atoms with Gasteiger partial charge in [0, 0.05) is 7.11 Å². The maximum atomic E-state index is 5.55. The second kappa shape index (κ2) is 8.71. The standard InChI is InChI=1S/C13H22N2O4/c1-16-6-7-19-9-11(15-14)10-4-5-12(17-2)13(8-10)18-3/h4-5,8,11,15H,6-7,9,14H2,1-3H3. The van der Waals surface area contributed by atoms with Crippen LogP contribution in [0.1, 0.15) is 11.6 Å². The van der Waals surface area contributed by atoms with Crippen LogP contribution in [0, 0.1) is 0 Å². The molecule has 0 aliphatic heterocycles. The van der Waals surface area contributed by atoms with E-state index in [2.05, 4.69) is 5.43 Å². The highest BCUT2D eigenvalue weighted by atomic mass is 16.5. The van der Waals surface area contributed by atoms with Crippen molar-refractivity contribution in [1.82, 2.24) is 5.43 Å². The molecule has 1 unspecified atom stereocenters. The minimum Gasteiger partial charge on any atom is -0.493 e. The molecular weight excluding hydrogens is 248 g/mol. The van der Waals surface area contributed by atoms with Crippen molar-refractivity contribution in [2.24, 2.45) is 5.84 Å². The summed E-state index contributed by atoms with van der Waals surface area (Å²) in [6.07, 6.45) is 0. The Hall–Kier alpha value is -1.34. The molecule has 108 valence electrons. The highest BCUT2D eigenvalue weighted by molar-refractivity contribution is 5.43. The minimum atomic E-state index is -0.114. The summed E-state index contributed by atoms with van der Waals surface area (Å²) in [6, 6.07) is 5.53. The molecule has 0 heterocycles. The highest BCUT2D eigenvalue weighted by Crippen LogP contribution is 2.29. The van der Waals surface area contributed by atoms with Gasteiger partial charge < -0.3 is 18.9 Å². The van der Waals surface area contributed by atoms with Crippen LogP contribution in [0.5, 0.6) is 11.5 Å². The van der Waals surface area contributed by atoms with Gasteiger partial charge in [0.1, 0.15) is 0 Å². The van der Waals surface area contributed by atoms with Gasteiger partial charge in [-0.05, 0) is 17.7 Å². The Labute approximate surface area is 113 Å². The number of rotatable bonds is 9. The molecule has 6 nitrogen and oxygen atoms in total. The maximum absolute atomic E-state index is 5.55. The van der Waals surface area contributed by atoms with Crippen LogP contribution in [0.2, 0.25) is 0 Å². The zero-order valence-corrected chi connectivity index (χ0v) is 11.6. The van der Waals surface area contributed by atoms with E-state index in [4.69, 9.17) is 24.8 Å². The Kier molecular flexibility index (Phi) is 7.20. The minimum absolute atomic E-state index is 0.114. The van der Waals surface area contributed by atoms with Crippen molar-refractivity contribution in [2.75, 3.05) is 41.2 Å². The molecule has 0 amide bonds. The monoisotopic (exact) mass is 270 g/mol. The predicted octanol–water partition coefficient (Wildman–Crippen LogP) is 0.871. The van der Waals surface area contributed by atoms with E-state index in [1.54, 1.807) is 21.3 Å². The number of methoxy groups -OCH3 is 3. The van der Waals surface area contributed by atoms with E-state index in [1.165, 1.54) is 0 Å². The van der Waals surface area contributed by atoms with Gasteiger partial charge in [-0.1, -0.05) is 6.07 Å². The molecule has 0 aliphatic carbocycles. The van der Waals surface area contributed by atoms with Crippen molar-refractivity contribution in [2.45, 2.75) is 6.04 Å². The van der Waals surface area contributed by atoms with Gasteiger partial charge in [-0.3, -0.25) is 11.3 Å². The van der Waals surface area contributed by atoms with Crippen LogP contribution in [0.25, 0.3) is 0 Å². The average Bonchev–Trinajstić information content (AvgIpc) is 2.46. The lowest BCUT2D eigenvalue weighted by Gasteiger charge is -2.18. The molecule has 0 fully saturated rings. The highest BCUT2D eigenvalue weighted by Gasteiger charge is 2.13. The summed E-state index contributed by atoms with van der Waals surface area (Å²) in [5.41, 5.74) is 3.69. The second-order valence-electron chi connectivity index (χ2n) is 3.90. The van der Waals surface area contributed by atoms with Gasteiger partial charge in [-0.2, -0.15) is 0 Å². The summed E-state index contributed by atoms with van der Waals surface area (Å²) < 4.78 is 20.8. The first-order valence-corrected chi connectivity index (χ1v) is 6.01. The normalized spacial score (nSPS) is 12.2. The van der Waals surface area contributed by atoms with E-state index in [-0.39, 0.29) is 6.04 Å². The zero-order valence-electron chi connectivity index (χ0n) is 11.6. The SMILES string of the molecule is COCCOCC(NN)c1ccc(OC)c(OC)c1. The van der Waals surface area contributed by atoms with Crippen molar-refractivity contribution in [1.29, 1.82) is 0 Å². The topological polar surface area (TPSA) is 75.0 Å². The summed E-state index contributed by atoms with van der Waals surface area (Å²) in [4.78, 5) is 0. The molecule has 1 rings (SSSR count). The summed E-state index contributed by atoms with van der Waals surface area (Å²) in [5, 5.41) is 0. The van der Waals surface area contributed by atoms with Gasteiger partial charge in [-0.25, -0.2) is 0 Å². The van der Waals surface area contributed by atoms with Crippen LogP contribution in [0.4, 0.5) is 0 Å². The van der Waals surface area contributed by atoms with Gasteiger partial charge in [0.05, 0.1) is 40.1 Å². The molecule has 6 heteroatoms. The first-order valence-electron chi connectivity index (χ1n) is 6.01. The average molecular weight is 270 g/mol. The van der Waals surface area contributed by atoms with Crippen molar-refractivity contribution in [3.8, 4) is 11.5 Å². The van der Waals surface area contributed by atoms with Gasteiger partial charge in [0.2, 0.25) is 0 Å². The van der Waals surface area contributed by atoms with E-state index in [9.17, 15) is 0 Å². The molecule has 0 saturated heterocycles. The smallest absolute Gasteiger partial charge is 0.161 e. The van der Waals surface area contributed by atoms with Crippen LogP contribution in [-0.4, -0.2) is 41.2 Å². The van der Waals surface area contributed by atoms with Crippen molar-refractivity contribution < 1.29 is 18.9 Å². The van der Waals surface area contributed by atoms with E-state index in [1.807, 2.05) is 18.2 Å². The maximum Gasteiger partial charge on any atom is 0.161 e. The molecule has 19 heavy (non-hydrogen) atoms. The molecule has 0 radical (unpaired) electrons. The van der Waals surface area contributed by atoms with Gasteiger partial charge in [-0.15, -0.1) is 0 Å². The molecule has 0 saturated carbocycles. The lowest BCUT2D eigenvalue weighted by molar-refractivity contribution is 0.0585. The molecule has 0 aromatic heterocycles. The molecule has 0 bridgehead atoms. The van der Waals surface area contributed by atoms with Crippen molar-refractivity contribution in [3.63, 3.8) is 0 Å². The number of nitrogens with one attached hydrogen (secondary N) is 1. The quantitative estimate of drug-likeness (QED) is 0.394. The third-order valence-corrected chi connectivity index (χ3v) is 2.73. The Balaban J connectivity index is 2.69. The molecule has 1 aromatic rings. The van der Waals surface area contributed by atoms with E-state index in [0.717, 1.165) is 5.56 Å². The third-order valence-electron chi connectivity index (χ3n) is 2.73. The number of hydrogen-bond donors (Lipinski definition) is 2. The van der Waals surface area contributed by atoms with Gasteiger partial charge in [0.25, 0.3) is 0 Å². The van der Waals surface area contributed by atoms with E-state index in [0.29, 0.717) is 31.3 Å². The molecule has 1 aromatic carbocycles. The summed E-state index contributed by atoms with van der Waals surface area (Å²) in [7, 11) is 4.84. The Morgan fingerprint density at radius 3 is 2.42 bits per heavy atom. The first-order chi connectivity index (χ1) is 9.26. The van der Waals surface area contributed by atoms with Crippen LogP contribution in [0.15, 0.2) is 18.2 Å². The summed E-state index contributed by atoms with van der Waals surface area (Å²) in [6.45, 7) is 1.54. The lowest BCUT2D eigenvalue weighted by Crippen LogP contribution is -2.31. The Bertz CT molecular complexity index is 374. The molecule has 1 atom stereocenters. The summed E-state index contributed by atoms with van der Waals surface area (Å²) in [5.74, 6) is 6.90. The fourth-order valence-electron chi connectivity index (χ4n) is 1.65. The summed E-state index contributed by atoms with van der Waals surface area (Å²) >= 11 is 0. The largest absolute Gasteiger partial charge is 0.493 e. The van der Waals surface area contributed by atoms with Crippen LogP contribution < -0.4 is 20.7 Å². The molecule has 3 N–H and O–H groups in total. The zero-order chi connectivity index (χ0) is 14.1. The van der Waals surface area contributed by atoms with E-state index >= 15 is 0 Å². The molecule has 0 aliphatic rings. The number of nitrogens with two attached hydrogens (primary N) is 1. The van der Waals surface area contributed by atoms with Crippen LogP contribution in [0.3, 0.4) is 0 Å². The number of benzene rings is 1. The fraction of sp³-hybridized carbons (Fsp3) is 0.538. The number of ether oxygens (including phenoxy) is 4. The van der Waals surface area contributed by atoms with Crippen molar-refractivity contribution >= 4 is 0 Å². The van der Waals surface area contributed by atoms with Crippen LogP contribution >= 0.6 is 0 Å². The Morgan fingerprint density at radius 2 is 1.84 bits per heavy atom. The predicted molar refractivity (Wildman–Crippen MR) is 72.3 cm³/mol. The van der Waals surface area contributed by atoms with E-state index < -0.39 is 0 Å². The number of hydrogen-bond acceptors (Lipinski definition) is 6. The number of hydrazine groups is 1. The van der Waals surface area contributed by atoms with Gasteiger partial charge >= 0.3 is 0 Å².